The van der Waals surface area contributed by atoms with Crippen LogP contribution in [0.2, 0.25) is 0 Å². The van der Waals surface area contributed by atoms with Crippen LogP contribution in [0.4, 0.5) is 5.69 Å². The van der Waals surface area contributed by atoms with Crippen molar-refractivity contribution in [3.05, 3.63) is 52.5 Å². The predicted molar refractivity (Wildman–Crippen MR) is 113 cm³/mol. The van der Waals surface area contributed by atoms with Crippen molar-refractivity contribution in [1.29, 1.82) is 0 Å². The van der Waals surface area contributed by atoms with E-state index in [1.165, 1.54) is 0 Å². The van der Waals surface area contributed by atoms with E-state index in [4.69, 9.17) is 14.2 Å². The number of benzene rings is 2. The van der Waals surface area contributed by atoms with Crippen molar-refractivity contribution in [2.24, 2.45) is 5.92 Å². The number of carbonyl (C=O) groups is 1. The van der Waals surface area contributed by atoms with E-state index in [1.807, 2.05) is 30.3 Å². The quantitative estimate of drug-likeness (QED) is 0.596. The number of nitrogens with one attached hydrogen (secondary N) is 1. The molecule has 1 N–H and O–H groups in total. The number of hydrogen-bond donors (Lipinski definition) is 1. The van der Waals surface area contributed by atoms with Gasteiger partial charge in [-0.05, 0) is 49.1 Å². The molecule has 1 fully saturated rings. The summed E-state index contributed by atoms with van der Waals surface area (Å²) in [6.45, 7) is 5.95. The van der Waals surface area contributed by atoms with Gasteiger partial charge in [-0.15, -0.1) is 0 Å². The summed E-state index contributed by atoms with van der Waals surface area (Å²) < 4.78 is 18.2. The first kappa shape index (κ1) is 20.7. The fraction of sp³-hybridized carbons (Fsp3) is 0.409. The van der Waals surface area contributed by atoms with E-state index < -0.39 is 0 Å². The highest BCUT2D eigenvalue weighted by Crippen LogP contribution is 2.29. The van der Waals surface area contributed by atoms with E-state index in [1.54, 1.807) is 12.1 Å². The Morgan fingerprint density at radius 1 is 1.21 bits per heavy atom. The Morgan fingerprint density at radius 2 is 2.04 bits per heavy atom. The SMILES string of the molecule is CC(C)COc1ccc(Br)cc1C(=O)Nc1ccccc1OCC1CCCO1. The van der Waals surface area contributed by atoms with Gasteiger partial charge in [-0.25, -0.2) is 0 Å². The van der Waals surface area contributed by atoms with Crippen molar-refractivity contribution in [3.63, 3.8) is 0 Å². The van der Waals surface area contributed by atoms with Crippen LogP contribution in [0, 0.1) is 5.92 Å². The Hall–Kier alpha value is -2.05. The first-order chi connectivity index (χ1) is 13.5. The minimum atomic E-state index is -0.242. The zero-order chi connectivity index (χ0) is 19.9. The molecule has 0 radical (unpaired) electrons. The van der Waals surface area contributed by atoms with E-state index in [0.29, 0.717) is 41.9 Å². The van der Waals surface area contributed by atoms with Gasteiger partial charge in [0.2, 0.25) is 0 Å². The van der Waals surface area contributed by atoms with Gasteiger partial charge in [-0.3, -0.25) is 4.79 Å². The molecule has 1 unspecified atom stereocenters. The van der Waals surface area contributed by atoms with Gasteiger partial charge in [-0.2, -0.15) is 0 Å². The number of hydrogen-bond acceptors (Lipinski definition) is 4. The summed E-state index contributed by atoms with van der Waals surface area (Å²) in [6, 6.07) is 12.9. The number of para-hydroxylation sites is 2. The van der Waals surface area contributed by atoms with Gasteiger partial charge in [0.25, 0.3) is 5.91 Å². The molecule has 1 atom stereocenters. The van der Waals surface area contributed by atoms with E-state index in [-0.39, 0.29) is 12.0 Å². The van der Waals surface area contributed by atoms with Gasteiger partial charge >= 0.3 is 0 Å². The Kier molecular flexibility index (Phi) is 7.34. The lowest BCUT2D eigenvalue weighted by Gasteiger charge is -2.16. The zero-order valence-corrected chi connectivity index (χ0v) is 17.8. The van der Waals surface area contributed by atoms with E-state index in [2.05, 4.69) is 35.1 Å². The van der Waals surface area contributed by atoms with Crippen LogP contribution in [0.3, 0.4) is 0 Å². The summed E-state index contributed by atoms with van der Waals surface area (Å²) in [5.74, 6) is 1.32. The molecule has 150 valence electrons. The van der Waals surface area contributed by atoms with Crippen LogP contribution in [0.1, 0.15) is 37.0 Å². The predicted octanol–water partition coefficient (Wildman–Crippen LogP) is 5.29. The van der Waals surface area contributed by atoms with Crippen molar-refractivity contribution < 1.29 is 19.0 Å². The molecule has 0 aliphatic carbocycles. The fourth-order valence-corrected chi connectivity index (χ4v) is 3.27. The molecule has 0 spiro atoms. The smallest absolute Gasteiger partial charge is 0.259 e. The van der Waals surface area contributed by atoms with Crippen LogP contribution in [0.15, 0.2) is 46.9 Å². The molecule has 0 bridgehead atoms. The molecule has 1 aliphatic heterocycles. The maximum atomic E-state index is 13.0. The normalized spacial score (nSPS) is 16.2. The van der Waals surface area contributed by atoms with Crippen LogP contribution in [0.5, 0.6) is 11.5 Å². The standard InChI is InChI=1S/C22H26BrNO4/c1-15(2)13-27-20-10-9-16(23)12-18(20)22(25)24-19-7-3-4-8-21(19)28-14-17-6-5-11-26-17/h3-4,7-10,12,15,17H,5-6,11,13-14H2,1-2H3,(H,24,25). The van der Waals surface area contributed by atoms with Crippen molar-refractivity contribution in [1.82, 2.24) is 0 Å². The second-order valence-corrected chi connectivity index (χ2v) is 8.16. The Morgan fingerprint density at radius 3 is 2.79 bits per heavy atom. The van der Waals surface area contributed by atoms with Gasteiger partial charge in [0, 0.05) is 11.1 Å². The molecule has 1 saturated heterocycles. The van der Waals surface area contributed by atoms with Crippen molar-refractivity contribution in [3.8, 4) is 11.5 Å². The number of carbonyl (C=O) groups excluding carboxylic acids is 1. The maximum absolute atomic E-state index is 13.0. The van der Waals surface area contributed by atoms with Crippen LogP contribution in [-0.2, 0) is 4.74 Å². The van der Waals surface area contributed by atoms with Gasteiger partial charge in [0.05, 0.1) is 24.0 Å². The fourth-order valence-electron chi connectivity index (χ4n) is 2.91. The second-order valence-electron chi connectivity index (χ2n) is 7.24. The lowest BCUT2D eigenvalue weighted by molar-refractivity contribution is 0.0682. The van der Waals surface area contributed by atoms with Crippen LogP contribution >= 0.6 is 15.9 Å². The maximum Gasteiger partial charge on any atom is 0.259 e. The van der Waals surface area contributed by atoms with E-state index >= 15 is 0 Å². The number of anilines is 1. The van der Waals surface area contributed by atoms with Crippen LogP contribution in [-0.4, -0.2) is 31.8 Å². The highest BCUT2D eigenvalue weighted by Gasteiger charge is 2.19. The molecule has 2 aromatic carbocycles. The molecule has 1 amide bonds. The molecule has 6 heteroatoms. The van der Waals surface area contributed by atoms with Gasteiger partial charge in [0.1, 0.15) is 18.1 Å². The molecule has 0 aromatic heterocycles. The number of halogens is 1. The van der Waals surface area contributed by atoms with Gasteiger partial charge in [-0.1, -0.05) is 41.9 Å². The highest BCUT2D eigenvalue weighted by atomic mass is 79.9. The third-order valence-corrected chi connectivity index (χ3v) is 4.84. The largest absolute Gasteiger partial charge is 0.492 e. The molecule has 2 aromatic rings. The zero-order valence-electron chi connectivity index (χ0n) is 16.2. The van der Waals surface area contributed by atoms with E-state index in [9.17, 15) is 4.79 Å². The Balaban J connectivity index is 1.73. The number of amides is 1. The first-order valence-corrected chi connectivity index (χ1v) is 10.4. The van der Waals surface area contributed by atoms with E-state index in [0.717, 1.165) is 23.9 Å². The molecule has 0 saturated carbocycles. The summed E-state index contributed by atoms with van der Waals surface area (Å²) in [4.78, 5) is 13.0. The number of ether oxygens (including phenoxy) is 3. The third-order valence-electron chi connectivity index (χ3n) is 4.34. The number of rotatable bonds is 8. The van der Waals surface area contributed by atoms with Gasteiger partial charge < -0.3 is 19.5 Å². The van der Waals surface area contributed by atoms with Crippen molar-refractivity contribution in [2.45, 2.75) is 32.8 Å². The summed E-state index contributed by atoms with van der Waals surface area (Å²) in [6.07, 6.45) is 2.18. The summed E-state index contributed by atoms with van der Waals surface area (Å²) in [7, 11) is 0. The molecule has 1 aliphatic rings. The summed E-state index contributed by atoms with van der Waals surface area (Å²) >= 11 is 3.43. The van der Waals surface area contributed by atoms with Gasteiger partial charge in [0.15, 0.2) is 0 Å². The second kappa shape index (κ2) is 9.94. The first-order valence-electron chi connectivity index (χ1n) is 9.60. The molecular formula is C22H26BrNO4. The molecule has 3 rings (SSSR count). The molecular weight excluding hydrogens is 422 g/mol. The average molecular weight is 448 g/mol. The monoisotopic (exact) mass is 447 g/mol. The topological polar surface area (TPSA) is 56.8 Å². The van der Waals surface area contributed by atoms with Crippen LogP contribution < -0.4 is 14.8 Å². The van der Waals surface area contributed by atoms with Crippen molar-refractivity contribution in [2.75, 3.05) is 25.1 Å². The summed E-state index contributed by atoms with van der Waals surface area (Å²) in [5.41, 5.74) is 1.10. The van der Waals surface area contributed by atoms with Crippen LogP contribution in [0.25, 0.3) is 0 Å². The van der Waals surface area contributed by atoms with Crippen molar-refractivity contribution >= 4 is 27.5 Å². The molecule has 5 nitrogen and oxygen atoms in total. The minimum Gasteiger partial charge on any atom is -0.492 e. The average Bonchev–Trinajstić information content (AvgIpc) is 3.19. The minimum absolute atomic E-state index is 0.116. The highest BCUT2D eigenvalue weighted by molar-refractivity contribution is 9.10. The Bertz CT molecular complexity index is 803. The third kappa shape index (κ3) is 5.72. The molecule has 1 heterocycles. The lowest BCUT2D eigenvalue weighted by Crippen LogP contribution is -2.18. The summed E-state index contributed by atoms with van der Waals surface area (Å²) in [5, 5.41) is 2.95. The molecule has 28 heavy (non-hydrogen) atoms. The Labute approximate surface area is 174 Å². The lowest BCUT2D eigenvalue weighted by atomic mass is 10.1.